The van der Waals surface area contributed by atoms with Crippen LogP contribution in [0.25, 0.3) is 0 Å². The smallest absolute Gasteiger partial charge is 0.278 e. The first-order chi connectivity index (χ1) is 9.54. The summed E-state index contributed by atoms with van der Waals surface area (Å²) in [6, 6.07) is 5.96. The molecule has 0 radical (unpaired) electrons. The Balaban J connectivity index is 2.55. The van der Waals surface area contributed by atoms with Crippen LogP contribution in [0.15, 0.2) is 29.4 Å². The lowest BCUT2D eigenvalue weighted by molar-refractivity contribution is -0.385. The van der Waals surface area contributed by atoms with E-state index in [0.717, 1.165) is 0 Å². The third-order valence-corrected chi connectivity index (χ3v) is 2.27. The van der Waals surface area contributed by atoms with Crippen LogP contribution >= 0.6 is 0 Å². The number of nitrogens with two attached hydrogens (primary N) is 1. The quantitative estimate of drug-likeness (QED) is 0.218. The number of hydrogen-bond donors (Lipinski definition) is 3. The number of nitro benzene ring substituents is 1. The topological polar surface area (TPSA) is 140 Å². The minimum absolute atomic E-state index is 0.0661. The maximum Gasteiger partial charge on any atom is 0.278 e. The number of carbonyl (C=O) groups is 2. The molecule has 0 heterocycles. The average Bonchev–Trinajstić information content (AvgIpc) is 2.45. The van der Waals surface area contributed by atoms with Gasteiger partial charge in [0.2, 0.25) is 11.8 Å². The molecule has 0 atom stereocenters. The number of nitrogens with one attached hydrogen (secondary N) is 2. The van der Waals surface area contributed by atoms with Crippen LogP contribution < -0.4 is 16.7 Å². The van der Waals surface area contributed by atoms with Gasteiger partial charge in [-0.15, -0.1) is 0 Å². The van der Waals surface area contributed by atoms with Crippen molar-refractivity contribution in [2.75, 3.05) is 0 Å². The first-order valence-electron chi connectivity index (χ1n) is 5.59. The van der Waals surface area contributed by atoms with Crippen molar-refractivity contribution in [1.29, 1.82) is 0 Å². The van der Waals surface area contributed by atoms with Gasteiger partial charge in [-0.25, -0.2) is 11.3 Å². The van der Waals surface area contributed by atoms with Gasteiger partial charge in [-0.1, -0.05) is 12.1 Å². The standard InChI is InChI=1S/C11H13N5O4/c12-14-10(17)5-6-11(18)15-13-7-8-3-1-2-4-9(8)16(19)20/h1-4,7H,5-6,12H2,(H,14,17)(H,15,18)/b13-7-. The molecule has 0 aliphatic carbocycles. The van der Waals surface area contributed by atoms with E-state index in [2.05, 4.69) is 10.5 Å². The lowest BCUT2D eigenvalue weighted by Crippen LogP contribution is -2.31. The van der Waals surface area contributed by atoms with Gasteiger partial charge >= 0.3 is 0 Å². The van der Waals surface area contributed by atoms with E-state index in [4.69, 9.17) is 5.84 Å². The molecule has 9 heteroatoms. The summed E-state index contributed by atoms with van der Waals surface area (Å²) in [6.45, 7) is 0. The minimum Gasteiger partial charge on any atom is -0.294 e. The molecular weight excluding hydrogens is 266 g/mol. The summed E-state index contributed by atoms with van der Waals surface area (Å²) in [5, 5.41) is 14.3. The normalized spacial score (nSPS) is 10.2. The molecule has 4 N–H and O–H groups in total. The highest BCUT2D eigenvalue weighted by Crippen LogP contribution is 2.14. The maximum absolute atomic E-state index is 11.3. The molecule has 0 fully saturated rings. The molecule has 1 aromatic carbocycles. The van der Waals surface area contributed by atoms with Gasteiger partial charge in [-0.3, -0.25) is 25.1 Å². The van der Waals surface area contributed by atoms with E-state index in [0.29, 0.717) is 0 Å². The van der Waals surface area contributed by atoms with E-state index in [1.807, 2.05) is 5.43 Å². The molecule has 0 aliphatic rings. The molecule has 0 saturated carbocycles. The first kappa shape index (κ1) is 15.2. The van der Waals surface area contributed by atoms with Crippen molar-refractivity contribution in [3.63, 3.8) is 0 Å². The van der Waals surface area contributed by atoms with E-state index in [-0.39, 0.29) is 24.1 Å². The monoisotopic (exact) mass is 279 g/mol. The molecule has 1 aromatic rings. The zero-order chi connectivity index (χ0) is 15.0. The number of hydrazone groups is 1. The van der Waals surface area contributed by atoms with E-state index in [1.54, 1.807) is 6.07 Å². The van der Waals surface area contributed by atoms with Gasteiger partial charge in [0.1, 0.15) is 0 Å². The number of amides is 2. The number of hydrazine groups is 1. The van der Waals surface area contributed by atoms with Gasteiger partial charge in [0, 0.05) is 18.9 Å². The predicted molar refractivity (Wildman–Crippen MR) is 70.4 cm³/mol. The largest absolute Gasteiger partial charge is 0.294 e. The fourth-order valence-electron chi connectivity index (χ4n) is 1.29. The highest BCUT2D eigenvalue weighted by atomic mass is 16.6. The second kappa shape index (κ2) is 7.59. The zero-order valence-corrected chi connectivity index (χ0v) is 10.4. The molecule has 0 bridgehead atoms. The lowest BCUT2D eigenvalue weighted by atomic mass is 10.2. The summed E-state index contributed by atoms with van der Waals surface area (Å²) in [4.78, 5) is 32.3. The Hall–Kier alpha value is -2.81. The predicted octanol–water partition coefficient (Wildman–Crippen LogP) is -0.185. The van der Waals surface area contributed by atoms with E-state index in [1.165, 1.54) is 24.4 Å². The van der Waals surface area contributed by atoms with Crippen molar-refractivity contribution >= 4 is 23.7 Å². The molecule has 0 spiro atoms. The number of benzene rings is 1. The second-order valence-electron chi connectivity index (χ2n) is 3.68. The Kier molecular flexibility index (Phi) is 5.78. The van der Waals surface area contributed by atoms with Gasteiger partial charge in [0.05, 0.1) is 16.7 Å². The third kappa shape index (κ3) is 4.82. The number of nitrogens with zero attached hydrogens (tertiary/aromatic N) is 2. The Labute approximate surface area is 114 Å². The van der Waals surface area contributed by atoms with Crippen molar-refractivity contribution in [2.24, 2.45) is 10.9 Å². The molecule has 20 heavy (non-hydrogen) atoms. The Morgan fingerprint density at radius 1 is 1.30 bits per heavy atom. The van der Waals surface area contributed by atoms with Gasteiger partial charge in [0.15, 0.2) is 0 Å². The molecule has 0 unspecified atom stereocenters. The molecule has 1 rings (SSSR count). The highest BCUT2D eigenvalue weighted by Gasteiger charge is 2.10. The van der Waals surface area contributed by atoms with Crippen LogP contribution in [0.5, 0.6) is 0 Å². The number of rotatable bonds is 6. The maximum atomic E-state index is 11.3. The Morgan fingerprint density at radius 2 is 1.95 bits per heavy atom. The highest BCUT2D eigenvalue weighted by molar-refractivity contribution is 5.87. The number of para-hydroxylation sites is 1. The SMILES string of the molecule is NNC(=O)CCC(=O)N/N=C\c1ccccc1[N+](=O)[O-]. The summed E-state index contributed by atoms with van der Waals surface area (Å²) < 4.78 is 0. The first-order valence-corrected chi connectivity index (χ1v) is 5.59. The van der Waals surface area contributed by atoms with Crippen molar-refractivity contribution < 1.29 is 14.5 Å². The average molecular weight is 279 g/mol. The summed E-state index contributed by atoms with van der Waals surface area (Å²) >= 11 is 0. The van der Waals surface area contributed by atoms with Crippen LogP contribution in [0.2, 0.25) is 0 Å². The van der Waals surface area contributed by atoms with Crippen LogP contribution in [0.3, 0.4) is 0 Å². The molecule has 0 aliphatic heterocycles. The van der Waals surface area contributed by atoms with Crippen LogP contribution in [0.4, 0.5) is 5.69 Å². The summed E-state index contributed by atoms with van der Waals surface area (Å²) in [5.74, 6) is 3.89. The van der Waals surface area contributed by atoms with Gasteiger partial charge in [-0.05, 0) is 6.07 Å². The number of hydrogen-bond acceptors (Lipinski definition) is 6. The summed E-state index contributed by atoms with van der Waals surface area (Å²) in [6.07, 6.45) is 1.01. The van der Waals surface area contributed by atoms with Crippen LogP contribution in [0, 0.1) is 10.1 Å². The van der Waals surface area contributed by atoms with E-state index in [9.17, 15) is 19.7 Å². The Morgan fingerprint density at radius 3 is 2.60 bits per heavy atom. The lowest BCUT2D eigenvalue weighted by Gasteiger charge is -1.99. The fraction of sp³-hybridized carbons (Fsp3) is 0.182. The summed E-state index contributed by atoms with van der Waals surface area (Å²) in [5.41, 5.74) is 4.20. The molecule has 0 aromatic heterocycles. The molecular formula is C11H13N5O4. The number of nitro groups is 1. The van der Waals surface area contributed by atoms with Crippen LogP contribution in [-0.2, 0) is 9.59 Å². The van der Waals surface area contributed by atoms with E-state index < -0.39 is 16.7 Å². The molecule has 106 valence electrons. The van der Waals surface area contributed by atoms with Crippen LogP contribution in [-0.4, -0.2) is 23.0 Å². The summed E-state index contributed by atoms with van der Waals surface area (Å²) in [7, 11) is 0. The van der Waals surface area contributed by atoms with E-state index >= 15 is 0 Å². The van der Waals surface area contributed by atoms with Crippen molar-refractivity contribution in [3.8, 4) is 0 Å². The van der Waals surface area contributed by atoms with Crippen molar-refractivity contribution in [1.82, 2.24) is 10.9 Å². The molecule has 0 saturated heterocycles. The third-order valence-electron chi connectivity index (χ3n) is 2.27. The zero-order valence-electron chi connectivity index (χ0n) is 10.4. The van der Waals surface area contributed by atoms with Crippen LogP contribution in [0.1, 0.15) is 18.4 Å². The minimum atomic E-state index is -0.547. The van der Waals surface area contributed by atoms with Gasteiger partial charge in [0.25, 0.3) is 5.69 Å². The number of carbonyl (C=O) groups excluding carboxylic acids is 2. The fourth-order valence-corrected chi connectivity index (χ4v) is 1.29. The van der Waals surface area contributed by atoms with Crippen molar-refractivity contribution in [3.05, 3.63) is 39.9 Å². The second-order valence-corrected chi connectivity index (χ2v) is 3.68. The van der Waals surface area contributed by atoms with Crippen molar-refractivity contribution in [2.45, 2.75) is 12.8 Å². The Bertz CT molecular complexity index is 543. The van der Waals surface area contributed by atoms with Gasteiger partial charge in [-0.2, -0.15) is 5.10 Å². The molecule has 2 amide bonds. The van der Waals surface area contributed by atoms with Gasteiger partial charge < -0.3 is 0 Å². The molecule has 9 nitrogen and oxygen atoms in total.